The van der Waals surface area contributed by atoms with Gasteiger partial charge in [0.15, 0.2) is 0 Å². The third kappa shape index (κ3) is 5.80. The molecule has 0 aromatic rings. The number of carbonyl (C=O) groups excluding carboxylic acids is 1. The highest BCUT2D eigenvalue weighted by Crippen LogP contribution is 2.33. The smallest absolute Gasteiger partial charge is 0.315 e. The van der Waals surface area contributed by atoms with Crippen LogP contribution in [0.2, 0.25) is 0 Å². The Bertz CT molecular complexity index is 323. The number of likely N-dealkylation sites (N-methyl/N-ethyl adjacent to an activating group) is 1. The van der Waals surface area contributed by atoms with Crippen LogP contribution < -0.4 is 10.6 Å². The van der Waals surface area contributed by atoms with Gasteiger partial charge in [0.05, 0.1) is 12.6 Å². The molecule has 0 aromatic heterocycles. The largest absolute Gasteiger partial charge is 0.394 e. The van der Waals surface area contributed by atoms with Crippen LogP contribution in [0, 0.1) is 5.41 Å². The Morgan fingerprint density at radius 3 is 2.81 bits per heavy atom. The summed E-state index contributed by atoms with van der Waals surface area (Å²) in [6, 6.07) is -0.148. The summed E-state index contributed by atoms with van der Waals surface area (Å²) >= 11 is 0. The predicted octanol–water partition coefficient (Wildman–Crippen LogP) is 0.803. The molecular weight excluding hydrogens is 270 g/mol. The summed E-state index contributed by atoms with van der Waals surface area (Å²) < 4.78 is 4.96. The van der Waals surface area contributed by atoms with Crippen molar-refractivity contribution in [2.24, 2.45) is 5.41 Å². The Labute approximate surface area is 128 Å². The minimum absolute atomic E-state index is 0.0778. The monoisotopic (exact) mass is 301 g/mol. The molecule has 6 heteroatoms. The van der Waals surface area contributed by atoms with Gasteiger partial charge in [-0.3, -0.25) is 0 Å². The number of aliphatic hydroxyl groups is 1. The van der Waals surface area contributed by atoms with Gasteiger partial charge in [-0.25, -0.2) is 4.79 Å². The first kappa shape index (κ1) is 18.2. The van der Waals surface area contributed by atoms with Crippen molar-refractivity contribution in [1.29, 1.82) is 0 Å². The number of carbonyl (C=O) groups is 1. The summed E-state index contributed by atoms with van der Waals surface area (Å²) in [6.07, 6.45) is 2.99. The van der Waals surface area contributed by atoms with E-state index in [0.29, 0.717) is 25.6 Å². The third-order valence-electron chi connectivity index (χ3n) is 4.45. The molecule has 6 nitrogen and oxygen atoms in total. The zero-order chi connectivity index (χ0) is 15.9. The number of methoxy groups -OCH3 is 1. The van der Waals surface area contributed by atoms with Crippen LogP contribution in [0.1, 0.15) is 33.1 Å². The number of likely N-dealkylation sites (tertiary alicyclic amines) is 1. The highest BCUT2D eigenvalue weighted by Gasteiger charge is 2.35. The second kappa shape index (κ2) is 8.56. The lowest BCUT2D eigenvalue weighted by Crippen LogP contribution is -2.55. The molecule has 0 aliphatic carbocycles. The molecule has 1 heterocycles. The Kier molecular flexibility index (Phi) is 7.42. The van der Waals surface area contributed by atoms with E-state index in [9.17, 15) is 9.90 Å². The van der Waals surface area contributed by atoms with Crippen LogP contribution in [0.3, 0.4) is 0 Å². The van der Waals surface area contributed by atoms with E-state index in [2.05, 4.69) is 36.4 Å². The van der Waals surface area contributed by atoms with Crippen molar-refractivity contribution in [3.8, 4) is 0 Å². The fraction of sp³-hybridized carbons (Fsp3) is 0.933. The molecule has 0 unspecified atom stereocenters. The summed E-state index contributed by atoms with van der Waals surface area (Å²) in [6.45, 7) is 6.64. The highest BCUT2D eigenvalue weighted by molar-refractivity contribution is 5.74. The van der Waals surface area contributed by atoms with Crippen molar-refractivity contribution in [1.82, 2.24) is 15.5 Å². The van der Waals surface area contributed by atoms with Crippen LogP contribution in [0.25, 0.3) is 0 Å². The lowest BCUT2D eigenvalue weighted by Gasteiger charge is -2.45. The van der Waals surface area contributed by atoms with Gasteiger partial charge >= 0.3 is 6.03 Å². The zero-order valence-corrected chi connectivity index (χ0v) is 13.8. The van der Waals surface area contributed by atoms with Gasteiger partial charge in [0.1, 0.15) is 0 Å². The molecule has 0 saturated carbocycles. The first-order valence-electron chi connectivity index (χ1n) is 7.75. The zero-order valence-electron chi connectivity index (χ0n) is 13.8. The van der Waals surface area contributed by atoms with Gasteiger partial charge in [-0.1, -0.05) is 13.8 Å². The summed E-state index contributed by atoms with van der Waals surface area (Å²) in [5.74, 6) is 0. The second-order valence-electron chi connectivity index (χ2n) is 6.60. The molecule has 2 amide bonds. The Hall–Kier alpha value is -0.850. The predicted molar refractivity (Wildman–Crippen MR) is 83.3 cm³/mol. The molecule has 1 saturated heterocycles. The molecule has 0 bridgehead atoms. The van der Waals surface area contributed by atoms with E-state index >= 15 is 0 Å². The van der Waals surface area contributed by atoms with Gasteiger partial charge in [-0.2, -0.15) is 0 Å². The van der Waals surface area contributed by atoms with E-state index < -0.39 is 0 Å². The standard InChI is InChI=1S/C15H31N3O3/c1-15(2)7-5-8-18(3)13(15)10-16-14(20)17-12(11-19)6-9-21-4/h12-13,19H,5-11H2,1-4H3,(H2,16,17,20)/t12-,13+/m1/s1. The van der Waals surface area contributed by atoms with Crippen LogP contribution in [-0.4, -0.2) is 68.6 Å². The van der Waals surface area contributed by atoms with E-state index in [0.717, 1.165) is 6.54 Å². The first-order valence-corrected chi connectivity index (χ1v) is 7.75. The van der Waals surface area contributed by atoms with Gasteiger partial charge in [-0.15, -0.1) is 0 Å². The summed E-state index contributed by atoms with van der Waals surface area (Å²) in [5.41, 5.74) is 0.201. The van der Waals surface area contributed by atoms with E-state index in [1.807, 2.05) is 0 Å². The van der Waals surface area contributed by atoms with Crippen molar-refractivity contribution >= 4 is 6.03 Å². The molecule has 1 aliphatic heterocycles. The molecule has 1 fully saturated rings. The maximum Gasteiger partial charge on any atom is 0.315 e. The van der Waals surface area contributed by atoms with Crippen molar-refractivity contribution in [2.45, 2.75) is 45.2 Å². The summed E-state index contributed by atoms with van der Waals surface area (Å²) in [4.78, 5) is 14.3. The first-order chi connectivity index (χ1) is 9.90. The maximum absolute atomic E-state index is 11.9. The minimum Gasteiger partial charge on any atom is -0.394 e. The van der Waals surface area contributed by atoms with Crippen molar-refractivity contribution in [3.63, 3.8) is 0 Å². The normalized spacial score (nSPS) is 23.6. The molecule has 124 valence electrons. The summed E-state index contributed by atoms with van der Waals surface area (Å²) in [7, 11) is 3.72. The van der Waals surface area contributed by atoms with Crippen molar-refractivity contribution < 1.29 is 14.6 Å². The number of piperidine rings is 1. The van der Waals surface area contributed by atoms with E-state index in [1.54, 1.807) is 7.11 Å². The molecule has 1 rings (SSSR count). The highest BCUT2D eigenvalue weighted by atomic mass is 16.5. The van der Waals surface area contributed by atoms with Gasteiger partial charge in [0.25, 0.3) is 0 Å². The molecule has 0 spiro atoms. The topological polar surface area (TPSA) is 73.8 Å². The molecular formula is C15H31N3O3. The molecule has 0 radical (unpaired) electrons. The average Bonchev–Trinajstić information content (AvgIpc) is 2.42. The fourth-order valence-electron chi connectivity index (χ4n) is 3.03. The quantitative estimate of drug-likeness (QED) is 0.650. The molecule has 0 aromatic carbocycles. The second-order valence-corrected chi connectivity index (χ2v) is 6.60. The lowest BCUT2D eigenvalue weighted by molar-refractivity contribution is 0.0596. The third-order valence-corrected chi connectivity index (χ3v) is 4.45. The molecule has 21 heavy (non-hydrogen) atoms. The molecule has 2 atom stereocenters. The number of nitrogens with zero attached hydrogens (tertiary/aromatic N) is 1. The van der Waals surface area contributed by atoms with Crippen LogP contribution in [0.4, 0.5) is 4.79 Å². The van der Waals surface area contributed by atoms with E-state index in [-0.39, 0.29) is 24.1 Å². The van der Waals surface area contributed by atoms with Gasteiger partial charge < -0.3 is 25.4 Å². The van der Waals surface area contributed by atoms with Crippen LogP contribution >= 0.6 is 0 Å². The Balaban J connectivity index is 2.40. The summed E-state index contributed by atoms with van der Waals surface area (Å²) in [5, 5.41) is 15.0. The number of ether oxygens (including phenoxy) is 1. The number of aliphatic hydroxyl groups excluding tert-OH is 1. The average molecular weight is 301 g/mol. The minimum atomic E-state index is -0.262. The van der Waals surface area contributed by atoms with Crippen LogP contribution in [-0.2, 0) is 4.74 Å². The van der Waals surface area contributed by atoms with Crippen LogP contribution in [0.5, 0.6) is 0 Å². The number of rotatable bonds is 7. The van der Waals surface area contributed by atoms with Gasteiger partial charge in [0, 0.05) is 26.3 Å². The number of urea groups is 1. The maximum atomic E-state index is 11.9. The number of nitrogens with one attached hydrogen (secondary N) is 2. The van der Waals surface area contributed by atoms with E-state index in [1.165, 1.54) is 12.8 Å². The number of hydrogen-bond acceptors (Lipinski definition) is 4. The van der Waals surface area contributed by atoms with Gasteiger partial charge in [0.2, 0.25) is 0 Å². The molecule has 3 N–H and O–H groups in total. The Morgan fingerprint density at radius 1 is 1.52 bits per heavy atom. The van der Waals surface area contributed by atoms with Crippen LogP contribution in [0.15, 0.2) is 0 Å². The molecule has 1 aliphatic rings. The number of amides is 2. The van der Waals surface area contributed by atoms with Crippen molar-refractivity contribution in [2.75, 3.05) is 40.5 Å². The van der Waals surface area contributed by atoms with Crippen molar-refractivity contribution in [3.05, 3.63) is 0 Å². The van der Waals surface area contributed by atoms with E-state index in [4.69, 9.17) is 4.74 Å². The SMILES string of the molecule is COCC[C@H](CO)NC(=O)NC[C@@H]1N(C)CCCC1(C)C. The number of hydrogen-bond donors (Lipinski definition) is 3. The van der Waals surface area contributed by atoms with Gasteiger partial charge in [-0.05, 0) is 38.3 Å². The lowest BCUT2D eigenvalue weighted by atomic mass is 9.76. The fourth-order valence-corrected chi connectivity index (χ4v) is 3.03. The Morgan fingerprint density at radius 2 is 2.24 bits per heavy atom.